The summed E-state index contributed by atoms with van der Waals surface area (Å²) in [6.07, 6.45) is 2.78. The third-order valence-electron chi connectivity index (χ3n) is 6.38. The number of benzene rings is 3. The molecular formula is C30H36FNO3. The summed E-state index contributed by atoms with van der Waals surface area (Å²) in [5.41, 5.74) is 3.52. The maximum atomic E-state index is 13.2. The van der Waals surface area contributed by atoms with Crippen molar-refractivity contribution in [1.82, 2.24) is 0 Å². The Kier molecular flexibility index (Phi) is 8.42. The van der Waals surface area contributed by atoms with Crippen molar-refractivity contribution in [1.29, 1.82) is 0 Å². The fraction of sp³-hybridized carbons (Fsp3) is 0.400. The molecule has 5 heteroatoms. The third kappa shape index (κ3) is 6.62. The van der Waals surface area contributed by atoms with E-state index in [4.69, 9.17) is 14.2 Å². The maximum Gasteiger partial charge on any atom is 0.132 e. The van der Waals surface area contributed by atoms with Gasteiger partial charge in [0.25, 0.3) is 0 Å². The molecule has 0 radical (unpaired) electrons. The first-order chi connectivity index (χ1) is 17.0. The molecular weight excluding hydrogens is 441 g/mol. The van der Waals surface area contributed by atoms with Gasteiger partial charge in [-0.15, -0.1) is 0 Å². The molecule has 0 aliphatic carbocycles. The Morgan fingerprint density at radius 3 is 2.43 bits per heavy atom. The number of nitrogens with one attached hydrogen (secondary N) is 1. The first kappa shape index (κ1) is 25.2. The predicted octanol–water partition coefficient (Wildman–Crippen LogP) is 7.44. The summed E-state index contributed by atoms with van der Waals surface area (Å²) < 4.78 is 32.7. The van der Waals surface area contributed by atoms with Crippen LogP contribution in [-0.4, -0.2) is 18.3 Å². The van der Waals surface area contributed by atoms with Gasteiger partial charge in [-0.3, -0.25) is 0 Å². The van der Waals surface area contributed by atoms with E-state index in [1.807, 2.05) is 30.3 Å². The molecule has 186 valence electrons. The fourth-order valence-electron chi connectivity index (χ4n) is 4.44. The SMILES string of the molecule is CCCCCOC1C(OCc2ccccc2)c2cc(NCc3ccc(F)cc3)ccc2OC1(C)C. The molecule has 0 spiro atoms. The number of unbranched alkanes of at least 4 members (excludes halogenated alkanes) is 2. The highest BCUT2D eigenvalue weighted by Gasteiger charge is 2.45. The summed E-state index contributed by atoms with van der Waals surface area (Å²) in [6.45, 7) is 8.09. The average Bonchev–Trinajstić information content (AvgIpc) is 2.86. The van der Waals surface area contributed by atoms with Crippen molar-refractivity contribution in [3.05, 3.63) is 95.3 Å². The summed E-state index contributed by atoms with van der Waals surface area (Å²) >= 11 is 0. The van der Waals surface area contributed by atoms with E-state index in [0.717, 1.165) is 47.4 Å². The van der Waals surface area contributed by atoms with Crippen molar-refractivity contribution < 1.29 is 18.6 Å². The van der Waals surface area contributed by atoms with Crippen LogP contribution in [0.25, 0.3) is 0 Å². The lowest BCUT2D eigenvalue weighted by molar-refractivity contribution is -0.166. The van der Waals surface area contributed by atoms with Crippen molar-refractivity contribution >= 4 is 5.69 Å². The summed E-state index contributed by atoms with van der Waals surface area (Å²) in [5, 5.41) is 3.45. The molecule has 1 aliphatic heterocycles. The van der Waals surface area contributed by atoms with Crippen LogP contribution in [0.15, 0.2) is 72.8 Å². The summed E-state index contributed by atoms with van der Waals surface area (Å²) in [5.74, 6) is 0.583. The Morgan fingerprint density at radius 1 is 0.914 bits per heavy atom. The fourth-order valence-corrected chi connectivity index (χ4v) is 4.44. The number of hydrogen-bond donors (Lipinski definition) is 1. The monoisotopic (exact) mass is 477 g/mol. The van der Waals surface area contributed by atoms with Crippen LogP contribution >= 0.6 is 0 Å². The molecule has 4 rings (SSSR count). The minimum atomic E-state index is -0.538. The van der Waals surface area contributed by atoms with Crippen molar-refractivity contribution in [2.75, 3.05) is 11.9 Å². The second kappa shape index (κ2) is 11.7. The van der Waals surface area contributed by atoms with Crippen LogP contribution in [0.3, 0.4) is 0 Å². The quantitative estimate of drug-likeness (QED) is 0.291. The average molecular weight is 478 g/mol. The molecule has 0 saturated carbocycles. The number of fused-ring (bicyclic) bond motifs is 1. The zero-order valence-corrected chi connectivity index (χ0v) is 20.9. The molecule has 0 fully saturated rings. The van der Waals surface area contributed by atoms with Gasteiger partial charge in [-0.25, -0.2) is 4.39 Å². The van der Waals surface area contributed by atoms with Gasteiger partial charge in [0.05, 0.1) is 6.61 Å². The van der Waals surface area contributed by atoms with E-state index in [9.17, 15) is 4.39 Å². The largest absolute Gasteiger partial charge is 0.485 e. The predicted molar refractivity (Wildman–Crippen MR) is 138 cm³/mol. The summed E-state index contributed by atoms with van der Waals surface area (Å²) in [7, 11) is 0. The molecule has 1 aliphatic rings. The Hall–Kier alpha value is -2.89. The van der Waals surface area contributed by atoms with E-state index < -0.39 is 5.60 Å². The van der Waals surface area contributed by atoms with E-state index in [2.05, 4.69) is 44.3 Å². The smallest absolute Gasteiger partial charge is 0.132 e. The molecule has 0 amide bonds. The van der Waals surface area contributed by atoms with Crippen molar-refractivity contribution in [2.45, 2.75) is 71.0 Å². The second-order valence-corrected chi connectivity index (χ2v) is 9.65. The molecule has 2 atom stereocenters. The van der Waals surface area contributed by atoms with Gasteiger partial charge in [0, 0.05) is 24.4 Å². The standard InChI is InChI=1S/C30H36FNO3/c1-4-5-9-18-33-29-28(34-21-23-10-7-6-8-11-23)26-19-25(16-17-27(26)35-30(29,2)3)32-20-22-12-14-24(31)15-13-22/h6-8,10-17,19,28-29,32H,4-5,9,18,20-21H2,1-3H3. The van der Waals surface area contributed by atoms with Crippen LogP contribution in [0, 0.1) is 5.82 Å². The van der Waals surface area contributed by atoms with Crippen LogP contribution in [-0.2, 0) is 22.6 Å². The molecule has 2 unspecified atom stereocenters. The van der Waals surface area contributed by atoms with E-state index >= 15 is 0 Å². The number of ether oxygens (including phenoxy) is 3. The molecule has 0 aromatic heterocycles. The number of halogens is 1. The third-order valence-corrected chi connectivity index (χ3v) is 6.38. The lowest BCUT2D eigenvalue weighted by Crippen LogP contribution is -2.51. The van der Waals surface area contributed by atoms with Crippen LogP contribution in [0.4, 0.5) is 10.1 Å². The maximum absolute atomic E-state index is 13.2. The van der Waals surface area contributed by atoms with E-state index in [1.165, 1.54) is 12.1 Å². The van der Waals surface area contributed by atoms with Crippen molar-refractivity contribution in [3.63, 3.8) is 0 Å². The van der Waals surface area contributed by atoms with Gasteiger partial charge >= 0.3 is 0 Å². The molecule has 3 aromatic carbocycles. The molecule has 1 N–H and O–H groups in total. The number of hydrogen-bond acceptors (Lipinski definition) is 4. The summed E-state index contributed by atoms with van der Waals surface area (Å²) in [4.78, 5) is 0. The van der Waals surface area contributed by atoms with E-state index in [-0.39, 0.29) is 18.0 Å². The second-order valence-electron chi connectivity index (χ2n) is 9.65. The molecule has 1 heterocycles. The highest BCUT2D eigenvalue weighted by Crippen LogP contribution is 2.44. The molecule has 3 aromatic rings. The Labute approximate surface area is 208 Å². The van der Waals surface area contributed by atoms with Gasteiger partial charge in [-0.2, -0.15) is 0 Å². The van der Waals surface area contributed by atoms with Crippen LogP contribution in [0.5, 0.6) is 5.75 Å². The van der Waals surface area contributed by atoms with Crippen LogP contribution in [0.1, 0.15) is 62.8 Å². The van der Waals surface area contributed by atoms with Gasteiger partial charge < -0.3 is 19.5 Å². The van der Waals surface area contributed by atoms with Crippen LogP contribution in [0.2, 0.25) is 0 Å². The zero-order valence-electron chi connectivity index (χ0n) is 20.9. The van der Waals surface area contributed by atoms with Crippen molar-refractivity contribution in [2.24, 2.45) is 0 Å². The Morgan fingerprint density at radius 2 is 1.69 bits per heavy atom. The zero-order chi connectivity index (χ0) is 24.7. The van der Waals surface area contributed by atoms with Gasteiger partial charge in [-0.1, -0.05) is 62.2 Å². The summed E-state index contributed by atoms with van der Waals surface area (Å²) in [6, 6.07) is 22.8. The first-order valence-corrected chi connectivity index (χ1v) is 12.5. The van der Waals surface area contributed by atoms with Gasteiger partial charge in [0.15, 0.2) is 0 Å². The minimum absolute atomic E-state index is 0.231. The van der Waals surface area contributed by atoms with E-state index in [1.54, 1.807) is 12.1 Å². The van der Waals surface area contributed by atoms with Gasteiger partial charge in [0.1, 0.15) is 29.4 Å². The molecule has 0 bridgehead atoms. The molecule has 0 saturated heterocycles. The minimum Gasteiger partial charge on any atom is -0.485 e. The van der Waals surface area contributed by atoms with Gasteiger partial charge in [-0.05, 0) is 61.7 Å². The van der Waals surface area contributed by atoms with Crippen molar-refractivity contribution in [3.8, 4) is 5.75 Å². The normalized spacial score (nSPS) is 18.5. The lowest BCUT2D eigenvalue weighted by Gasteiger charge is -2.44. The highest BCUT2D eigenvalue weighted by atomic mass is 19.1. The highest BCUT2D eigenvalue weighted by molar-refractivity contribution is 5.54. The Bertz CT molecular complexity index is 1070. The van der Waals surface area contributed by atoms with E-state index in [0.29, 0.717) is 19.8 Å². The Balaban J connectivity index is 1.57. The first-order valence-electron chi connectivity index (χ1n) is 12.5. The van der Waals surface area contributed by atoms with Crippen LogP contribution < -0.4 is 10.1 Å². The number of rotatable bonds is 11. The molecule has 4 nitrogen and oxygen atoms in total. The molecule has 35 heavy (non-hydrogen) atoms. The van der Waals surface area contributed by atoms with Gasteiger partial charge in [0.2, 0.25) is 0 Å². The lowest BCUT2D eigenvalue weighted by atomic mass is 9.87. The topological polar surface area (TPSA) is 39.7 Å². The number of anilines is 1.